The van der Waals surface area contributed by atoms with Crippen LogP contribution in [0.15, 0.2) is 21.1 Å². The molecule has 1 amide bonds. The lowest BCUT2D eigenvalue weighted by molar-refractivity contribution is -0.127. The van der Waals surface area contributed by atoms with Crippen molar-refractivity contribution in [1.82, 2.24) is 5.32 Å². The lowest BCUT2D eigenvalue weighted by atomic mass is 10.2. The van der Waals surface area contributed by atoms with Crippen molar-refractivity contribution in [2.24, 2.45) is 5.73 Å². The van der Waals surface area contributed by atoms with Gasteiger partial charge in [-0.1, -0.05) is 5.92 Å². The third-order valence-corrected chi connectivity index (χ3v) is 3.50. The van der Waals surface area contributed by atoms with Gasteiger partial charge in [0.05, 0.1) is 15.5 Å². The molecule has 0 aliphatic rings. The van der Waals surface area contributed by atoms with E-state index in [9.17, 15) is 4.79 Å². The first-order chi connectivity index (χ1) is 8.99. The molecule has 0 spiro atoms. The van der Waals surface area contributed by atoms with Gasteiger partial charge in [0.2, 0.25) is 0 Å². The lowest BCUT2D eigenvalue weighted by Crippen LogP contribution is -2.36. The molecule has 3 N–H and O–H groups in total. The summed E-state index contributed by atoms with van der Waals surface area (Å²) in [7, 11) is 0. The molecular formula is C13H14Br2N2O2. The zero-order valence-electron chi connectivity index (χ0n) is 10.4. The van der Waals surface area contributed by atoms with E-state index < -0.39 is 6.10 Å². The second-order valence-corrected chi connectivity index (χ2v) is 5.48. The molecule has 1 unspecified atom stereocenters. The first kappa shape index (κ1) is 16.0. The van der Waals surface area contributed by atoms with Gasteiger partial charge >= 0.3 is 0 Å². The number of nitrogens with one attached hydrogen (secondary N) is 1. The Morgan fingerprint density at radius 3 is 2.58 bits per heavy atom. The van der Waals surface area contributed by atoms with Gasteiger partial charge in [0.1, 0.15) is 5.75 Å². The first-order valence-electron chi connectivity index (χ1n) is 5.55. The average molecular weight is 390 g/mol. The number of rotatable bonds is 5. The van der Waals surface area contributed by atoms with Crippen molar-refractivity contribution in [3.8, 4) is 18.1 Å². The number of nitrogens with two attached hydrogens (primary N) is 1. The van der Waals surface area contributed by atoms with Crippen LogP contribution < -0.4 is 15.8 Å². The number of benzene rings is 1. The van der Waals surface area contributed by atoms with Crippen LogP contribution in [0.2, 0.25) is 0 Å². The maximum absolute atomic E-state index is 11.7. The topological polar surface area (TPSA) is 64.3 Å². The van der Waals surface area contributed by atoms with Crippen molar-refractivity contribution in [2.45, 2.75) is 19.6 Å². The van der Waals surface area contributed by atoms with E-state index in [1.54, 1.807) is 6.92 Å². The van der Waals surface area contributed by atoms with E-state index in [2.05, 4.69) is 43.1 Å². The van der Waals surface area contributed by atoms with Crippen molar-refractivity contribution in [1.29, 1.82) is 0 Å². The molecule has 1 aromatic rings. The van der Waals surface area contributed by atoms with E-state index in [1.165, 1.54) is 0 Å². The molecule has 4 nitrogen and oxygen atoms in total. The highest BCUT2D eigenvalue weighted by Gasteiger charge is 2.17. The fourth-order valence-corrected chi connectivity index (χ4v) is 2.82. The van der Waals surface area contributed by atoms with Gasteiger partial charge in [-0.3, -0.25) is 4.79 Å². The van der Waals surface area contributed by atoms with Crippen molar-refractivity contribution < 1.29 is 9.53 Å². The smallest absolute Gasteiger partial charge is 0.261 e. The Balaban J connectivity index is 2.82. The Bertz CT molecular complexity index is 489. The molecule has 102 valence electrons. The maximum atomic E-state index is 11.7. The van der Waals surface area contributed by atoms with Crippen LogP contribution in [0.5, 0.6) is 5.75 Å². The molecule has 19 heavy (non-hydrogen) atoms. The molecule has 1 aromatic carbocycles. The highest BCUT2D eigenvalue weighted by molar-refractivity contribution is 9.11. The van der Waals surface area contributed by atoms with Crippen LogP contribution >= 0.6 is 31.9 Å². The summed E-state index contributed by atoms with van der Waals surface area (Å²) in [6.07, 6.45) is 4.43. The number of hydrogen-bond donors (Lipinski definition) is 2. The van der Waals surface area contributed by atoms with E-state index in [-0.39, 0.29) is 12.5 Å². The molecule has 0 aliphatic heterocycles. The molecular weight excluding hydrogens is 376 g/mol. The summed E-state index contributed by atoms with van der Waals surface area (Å²) < 4.78 is 7.09. The van der Waals surface area contributed by atoms with Gasteiger partial charge in [-0.15, -0.1) is 6.42 Å². The van der Waals surface area contributed by atoms with Gasteiger partial charge in [-0.25, -0.2) is 0 Å². The average Bonchev–Trinajstić information content (AvgIpc) is 2.39. The highest BCUT2D eigenvalue weighted by Crippen LogP contribution is 2.35. The quantitative estimate of drug-likeness (QED) is 0.758. The zero-order chi connectivity index (χ0) is 14.4. The summed E-state index contributed by atoms with van der Waals surface area (Å²) >= 11 is 6.79. The Morgan fingerprint density at radius 2 is 2.11 bits per heavy atom. The highest BCUT2D eigenvalue weighted by atomic mass is 79.9. The fraction of sp³-hybridized carbons (Fsp3) is 0.308. The number of carbonyl (C=O) groups is 1. The van der Waals surface area contributed by atoms with E-state index >= 15 is 0 Å². The number of carbonyl (C=O) groups excluding carboxylic acids is 1. The summed E-state index contributed by atoms with van der Waals surface area (Å²) in [5, 5.41) is 2.56. The predicted molar refractivity (Wildman–Crippen MR) is 81.7 cm³/mol. The molecule has 6 heteroatoms. The minimum absolute atomic E-state index is 0.182. The predicted octanol–water partition coefficient (Wildman–Crippen LogP) is 2.19. The van der Waals surface area contributed by atoms with E-state index in [1.807, 2.05) is 12.1 Å². The van der Waals surface area contributed by atoms with Gasteiger partial charge in [0.25, 0.3) is 5.91 Å². The van der Waals surface area contributed by atoms with Crippen LogP contribution in [0.1, 0.15) is 12.5 Å². The van der Waals surface area contributed by atoms with Gasteiger partial charge in [-0.05, 0) is 56.5 Å². The largest absolute Gasteiger partial charge is 0.479 e. The molecule has 0 aliphatic carbocycles. The van der Waals surface area contributed by atoms with Crippen LogP contribution in [0, 0.1) is 12.3 Å². The zero-order valence-corrected chi connectivity index (χ0v) is 13.5. The van der Waals surface area contributed by atoms with E-state index in [0.29, 0.717) is 12.3 Å². The minimum atomic E-state index is -0.648. The van der Waals surface area contributed by atoms with Gasteiger partial charge in [0.15, 0.2) is 6.10 Å². The minimum Gasteiger partial charge on any atom is -0.479 e. The number of ether oxygens (including phenoxy) is 1. The molecule has 0 radical (unpaired) electrons. The maximum Gasteiger partial charge on any atom is 0.261 e. The van der Waals surface area contributed by atoms with Crippen molar-refractivity contribution >= 4 is 37.8 Å². The van der Waals surface area contributed by atoms with E-state index in [0.717, 1.165) is 14.5 Å². The molecule has 0 fully saturated rings. The Labute approximate surface area is 129 Å². The molecule has 0 saturated heterocycles. The first-order valence-corrected chi connectivity index (χ1v) is 7.14. The number of terminal acetylenes is 1. The van der Waals surface area contributed by atoms with Gasteiger partial charge < -0.3 is 15.8 Å². The third-order valence-electron chi connectivity index (χ3n) is 2.32. The molecule has 0 saturated carbocycles. The standard InChI is InChI=1S/C13H14Br2N2O2/c1-3-4-17-13(18)8(2)19-12-10(14)5-9(7-16)6-11(12)15/h1,5-6,8H,4,7,16H2,2H3,(H,17,18). The van der Waals surface area contributed by atoms with Gasteiger partial charge in [-0.2, -0.15) is 0 Å². The molecule has 0 heterocycles. The summed E-state index contributed by atoms with van der Waals surface area (Å²) in [5.74, 6) is 2.63. The van der Waals surface area contributed by atoms with Crippen LogP contribution in [0.4, 0.5) is 0 Å². The second-order valence-electron chi connectivity index (χ2n) is 3.77. The third kappa shape index (κ3) is 4.53. The molecule has 1 rings (SSSR count). The fourth-order valence-electron chi connectivity index (χ4n) is 1.35. The SMILES string of the molecule is C#CCNC(=O)C(C)Oc1c(Br)cc(CN)cc1Br. The lowest BCUT2D eigenvalue weighted by Gasteiger charge is -2.17. The summed E-state index contributed by atoms with van der Waals surface area (Å²) in [6.45, 7) is 2.26. The number of halogens is 2. The summed E-state index contributed by atoms with van der Waals surface area (Å²) in [4.78, 5) is 11.7. The molecule has 1 atom stereocenters. The summed E-state index contributed by atoms with van der Waals surface area (Å²) in [5.41, 5.74) is 6.53. The van der Waals surface area contributed by atoms with Gasteiger partial charge in [0, 0.05) is 6.54 Å². The van der Waals surface area contributed by atoms with Crippen LogP contribution in [0.3, 0.4) is 0 Å². The van der Waals surface area contributed by atoms with Crippen LogP contribution in [-0.4, -0.2) is 18.6 Å². The van der Waals surface area contributed by atoms with Crippen molar-refractivity contribution in [3.05, 3.63) is 26.6 Å². The molecule has 0 aromatic heterocycles. The van der Waals surface area contributed by atoms with Crippen molar-refractivity contribution in [2.75, 3.05) is 6.54 Å². The Hall–Kier alpha value is -1.03. The Morgan fingerprint density at radius 1 is 1.53 bits per heavy atom. The number of hydrogen-bond acceptors (Lipinski definition) is 3. The van der Waals surface area contributed by atoms with E-state index in [4.69, 9.17) is 16.9 Å². The van der Waals surface area contributed by atoms with Crippen LogP contribution in [0.25, 0.3) is 0 Å². The van der Waals surface area contributed by atoms with Crippen LogP contribution in [-0.2, 0) is 11.3 Å². The second kappa shape index (κ2) is 7.53. The normalized spacial score (nSPS) is 11.5. The summed E-state index contributed by atoms with van der Waals surface area (Å²) in [6, 6.07) is 3.71. The Kier molecular flexibility index (Phi) is 6.35. The van der Waals surface area contributed by atoms with Crippen molar-refractivity contribution in [3.63, 3.8) is 0 Å². The molecule has 0 bridgehead atoms. The number of amides is 1. The monoisotopic (exact) mass is 388 g/mol.